The van der Waals surface area contributed by atoms with Gasteiger partial charge in [0, 0.05) is 0 Å². The maximum atomic E-state index is 12.0. The lowest BCUT2D eigenvalue weighted by Gasteiger charge is -2.29. The number of carboxylic acid groups (broad SMARTS) is 1. The molecule has 0 aliphatic carbocycles. The number of carbonyl (C=O) groups excluding carboxylic acids is 1. The molecule has 1 heterocycles. The normalized spacial score (nSPS) is 23.9. The van der Waals surface area contributed by atoms with Gasteiger partial charge in [0.25, 0.3) is 0 Å². The van der Waals surface area contributed by atoms with E-state index in [4.69, 9.17) is 15.6 Å². The van der Waals surface area contributed by atoms with Gasteiger partial charge in [0.15, 0.2) is 6.23 Å². The van der Waals surface area contributed by atoms with Crippen LogP contribution in [-0.4, -0.2) is 29.3 Å². The third-order valence-corrected chi connectivity index (χ3v) is 3.32. The van der Waals surface area contributed by atoms with Crippen molar-refractivity contribution in [3.05, 3.63) is 35.9 Å². The fourth-order valence-corrected chi connectivity index (χ4v) is 2.20. The predicted octanol–water partition coefficient (Wildman–Crippen LogP) is 0.782. The summed E-state index contributed by atoms with van der Waals surface area (Å²) in [5, 5.41) is 11.7. The molecule has 0 spiro atoms. The Hall–Kier alpha value is -1.92. The number of rotatable bonds is 4. The molecule has 1 aromatic carbocycles. The van der Waals surface area contributed by atoms with E-state index in [1.54, 1.807) is 24.3 Å². The number of carbonyl (C=O) groups is 2. The number of piperidine rings is 1. The molecule has 0 amide bonds. The van der Waals surface area contributed by atoms with E-state index in [1.807, 2.05) is 6.07 Å². The Bertz CT molecular complexity index is 477. The summed E-state index contributed by atoms with van der Waals surface area (Å²) in [7, 11) is 0. The van der Waals surface area contributed by atoms with Crippen LogP contribution in [-0.2, 0) is 14.3 Å². The zero-order chi connectivity index (χ0) is 14.5. The summed E-state index contributed by atoms with van der Waals surface area (Å²) in [5.41, 5.74) is 6.50. The van der Waals surface area contributed by atoms with E-state index in [9.17, 15) is 9.59 Å². The van der Waals surface area contributed by atoms with E-state index in [-0.39, 0.29) is 0 Å². The van der Waals surface area contributed by atoms with Crippen molar-refractivity contribution in [2.75, 3.05) is 0 Å². The number of esters is 1. The first-order valence-corrected chi connectivity index (χ1v) is 6.58. The van der Waals surface area contributed by atoms with Gasteiger partial charge in [-0.05, 0) is 24.8 Å². The van der Waals surface area contributed by atoms with Crippen LogP contribution in [0.15, 0.2) is 30.3 Å². The Balaban J connectivity index is 1.92. The molecule has 1 saturated heterocycles. The van der Waals surface area contributed by atoms with E-state index in [2.05, 4.69) is 5.32 Å². The molecule has 2 unspecified atom stereocenters. The molecule has 108 valence electrons. The van der Waals surface area contributed by atoms with Gasteiger partial charge in [0.2, 0.25) is 0 Å². The van der Waals surface area contributed by atoms with Crippen LogP contribution < -0.4 is 11.1 Å². The minimum Gasteiger partial charge on any atom is -0.480 e. The van der Waals surface area contributed by atoms with Crippen LogP contribution in [0, 0.1) is 0 Å². The maximum absolute atomic E-state index is 12.0. The monoisotopic (exact) mass is 278 g/mol. The first-order chi connectivity index (χ1) is 9.58. The average Bonchev–Trinajstić information content (AvgIpc) is 2.47. The molecule has 0 radical (unpaired) electrons. The lowest BCUT2D eigenvalue weighted by atomic mass is 10.0. The van der Waals surface area contributed by atoms with Crippen molar-refractivity contribution in [1.29, 1.82) is 0 Å². The van der Waals surface area contributed by atoms with Gasteiger partial charge < -0.3 is 15.6 Å². The molecule has 20 heavy (non-hydrogen) atoms. The summed E-state index contributed by atoms with van der Waals surface area (Å²) >= 11 is 0. The molecule has 1 aromatic rings. The van der Waals surface area contributed by atoms with Gasteiger partial charge in [0.1, 0.15) is 12.1 Å². The summed E-state index contributed by atoms with van der Waals surface area (Å²) in [5.74, 6) is -1.49. The molecule has 3 atom stereocenters. The van der Waals surface area contributed by atoms with Crippen molar-refractivity contribution in [2.45, 2.75) is 37.6 Å². The predicted molar refractivity (Wildman–Crippen MR) is 71.7 cm³/mol. The number of hydrogen-bond donors (Lipinski definition) is 3. The maximum Gasteiger partial charge on any atom is 0.329 e. The largest absolute Gasteiger partial charge is 0.480 e. The van der Waals surface area contributed by atoms with E-state index in [0.29, 0.717) is 24.8 Å². The zero-order valence-electron chi connectivity index (χ0n) is 11.0. The Labute approximate surface area is 116 Å². The quantitative estimate of drug-likeness (QED) is 0.704. The van der Waals surface area contributed by atoms with Gasteiger partial charge in [0.05, 0.1) is 0 Å². The molecule has 1 fully saturated rings. The highest BCUT2D eigenvalue weighted by atomic mass is 16.6. The van der Waals surface area contributed by atoms with Gasteiger partial charge in [-0.25, -0.2) is 4.79 Å². The summed E-state index contributed by atoms with van der Waals surface area (Å²) in [6, 6.07) is 7.39. The Morgan fingerprint density at radius 1 is 1.30 bits per heavy atom. The van der Waals surface area contributed by atoms with Crippen LogP contribution in [0.1, 0.15) is 30.9 Å². The second-order valence-corrected chi connectivity index (χ2v) is 4.80. The Morgan fingerprint density at radius 2 is 2.00 bits per heavy atom. The van der Waals surface area contributed by atoms with Crippen LogP contribution in [0.5, 0.6) is 0 Å². The summed E-state index contributed by atoms with van der Waals surface area (Å²) < 4.78 is 5.25. The van der Waals surface area contributed by atoms with Crippen LogP contribution in [0.4, 0.5) is 0 Å². The third-order valence-electron chi connectivity index (χ3n) is 3.32. The van der Waals surface area contributed by atoms with Gasteiger partial charge in [-0.3, -0.25) is 10.1 Å². The van der Waals surface area contributed by atoms with Gasteiger partial charge in [-0.15, -0.1) is 0 Å². The zero-order valence-corrected chi connectivity index (χ0v) is 11.0. The number of benzene rings is 1. The van der Waals surface area contributed by atoms with E-state index in [0.717, 1.165) is 0 Å². The van der Waals surface area contributed by atoms with Crippen LogP contribution in [0.3, 0.4) is 0 Å². The van der Waals surface area contributed by atoms with E-state index >= 15 is 0 Å². The highest BCUT2D eigenvalue weighted by Gasteiger charge is 2.29. The molecule has 6 nitrogen and oxygen atoms in total. The lowest BCUT2D eigenvalue weighted by molar-refractivity contribution is -0.157. The molecule has 0 bridgehead atoms. The van der Waals surface area contributed by atoms with E-state index in [1.165, 1.54) is 0 Å². The van der Waals surface area contributed by atoms with Crippen molar-refractivity contribution >= 4 is 11.9 Å². The fraction of sp³-hybridized carbons (Fsp3) is 0.429. The van der Waals surface area contributed by atoms with Gasteiger partial charge >= 0.3 is 11.9 Å². The van der Waals surface area contributed by atoms with Crippen LogP contribution in [0.25, 0.3) is 0 Å². The number of nitrogens with two attached hydrogens (primary N) is 1. The number of hydrogen-bond acceptors (Lipinski definition) is 5. The molecular weight excluding hydrogens is 260 g/mol. The minimum atomic E-state index is -0.932. The molecule has 1 aliphatic rings. The first kappa shape index (κ1) is 14.5. The van der Waals surface area contributed by atoms with Crippen LogP contribution >= 0.6 is 0 Å². The Morgan fingerprint density at radius 3 is 2.65 bits per heavy atom. The average molecular weight is 278 g/mol. The number of ether oxygens (including phenoxy) is 1. The highest BCUT2D eigenvalue weighted by Crippen LogP contribution is 2.17. The molecule has 0 aromatic heterocycles. The second-order valence-electron chi connectivity index (χ2n) is 4.80. The van der Waals surface area contributed by atoms with Crippen molar-refractivity contribution < 1.29 is 19.4 Å². The van der Waals surface area contributed by atoms with Gasteiger partial charge in [-0.2, -0.15) is 0 Å². The highest BCUT2D eigenvalue weighted by molar-refractivity contribution is 5.77. The SMILES string of the molecule is NC(C(=O)OC1CCC[C@@H](C(=O)O)N1)c1ccccc1. The standard InChI is InChI=1S/C14H18N2O4/c15-12(9-5-2-1-3-6-9)14(19)20-11-8-4-7-10(16-11)13(17)18/h1-3,5-6,10-12,16H,4,7-8,15H2,(H,17,18)/t10-,11?,12?/m0/s1. The van der Waals surface area contributed by atoms with Crippen LogP contribution in [0.2, 0.25) is 0 Å². The molecule has 1 aliphatic heterocycles. The molecule has 6 heteroatoms. The van der Waals surface area contributed by atoms with E-state index < -0.39 is 30.3 Å². The van der Waals surface area contributed by atoms with Gasteiger partial charge in [-0.1, -0.05) is 30.3 Å². The number of carboxylic acids is 1. The minimum absolute atomic E-state index is 0.536. The molecule has 2 rings (SSSR count). The summed E-state index contributed by atoms with van der Waals surface area (Å²) in [6.45, 7) is 0. The smallest absolute Gasteiger partial charge is 0.329 e. The number of aliphatic carboxylic acids is 1. The third kappa shape index (κ3) is 3.55. The molecule has 0 saturated carbocycles. The Kier molecular flexibility index (Phi) is 4.70. The topological polar surface area (TPSA) is 102 Å². The second kappa shape index (κ2) is 6.49. The fourth-order valence-electron chi connectivity index (χ4n) is 2.20. The summed E-state index contributed by atoms with van der Waals surface area (Å²) in [6.07, 6.45) is 1.24. The molecular formula is C14H18N2O4. The van der Waals surface area contributed by atoms with Crippen molar-refractivity contribution in [2.24, 2.45) is 5.73 Å². The molecule has 4 N–H and O–H groups in total. The summed E-state index contributed by atoms with van der Waals surface area (Å²) in [4.78, 5) is 22.9. The van der Waals surface area contributed by atoms with Crippen molar-refractivity contribution in [1.82, 2.24) is 5.32 Å². The van der Waals surface area contributed by atoms with Crippen molar-refractivity contribution in [3.63, 3.8) is 0 Å². The van der Waals surface area contributed by atoms with Crippen molar-refractivity contribution in [3.8, 4) is 0 Å². The number of nitrogens with one attached hydrogen (secondary N) is 1. The lowest BCUT2D eigenvalue weighted by Crippen LogP contribution is -2.49. The first-order valence-electron chi connectivity index (χ1n) is 6.58.